The number of nitrogens with zero attached hydrogens (tertiary/aromatic N) is 1. The second-order valence-electron chi connectivity index (χ2n) is 6.82. The van der Waals surface area contributed by atoms with Crippen molar-refractivity contribution in [3.63, 3.8) is 0 Å². The van der Waals surface area contributed by atoms with Crippen LogP contribution in [0.25, 0.3) is 0 Å². The van der Waals surface area contributed by atoms with Crippen molar-refractivity contribution in [2.24, 2.45) is 5.92 Å². The van der Waals surface area contributed by atoms with E-state index >= 15 is 0 Å². The lowest BCUT2D eigenvalue weighted by atomic mass is 9.95. The van der Waals surface area contributed by atoms with Crippen LogP contribution >= 0.6 is 0 Å². The largest absolute Gasteiger partial charge is 0.463 e. The zero-order chi connectivity index (χ0) is 14.7. The van der Waals surface area contributed by atoms with Gasteiger partial charge in [0.25, 0.3) is 0 Å². The Labute approximate surface area is 123 Å². The van der Waals surface area contributed by atoms with Crippen molar-refractivity contribution in [2.75, 3.05) is 6.54 Å². The van der Waals surface area contributed by atoms with E-state index in [-0.39, 0.29) is 0 Å². The zero-order valence-electron chi connectivity index (χ0n) is 13.7. The molecule has 2 atom stereocenters. The predicted molar refractivity (Wildman–Crippen MR) is 83.7 cm³/mol. The topological polar surface area (TPSA) is 28.4 Å². The van der Waals surface area contributed by atoms with Gasteiger partial charge in [-0.15, -0.1) is 0 Å². The number of nitrogens with one attached hydrogen (secondary N) is 1. The van der Waals surface area contributed by atoms with Crippen LogP contribution in [0.15, 0.2) is 10.5 Å². The molecule has 114 valence electrons. The second-order valence-corrected chi connectivity index (χ2v) is 6.82. The first-order valence-electron chi connectivity index (χ1n) is 8.01. The van der Waals surface area contributed by atoms with E-state index in [1.54, 1.807) is 0 Å². The Balaban J connectivity index is 1.97. The van der Waals surface area contributed by atoms with Crippen LogP contribution in [0.4, 0.5) is 0 Å². The van der Waals surface area contributed by atoms with E-state index in [0.717, 1.165) is 30.5 Å². The summed E-state index contributed by atoms with van der Waals surface area (Å²) in [6.07, 6.45) is 2.67. The number of hydrogen-bond donors (Lipinski definition) is 1. The molecule has 3 heteroatoms. The molecule has 2 heterocycles. The van der Waals surface area contributed by atoms with Crippen LogP contribution in [-0.4, -0.2) is 23.5 Å². The summed E-state index contributed by atoms with van der Waals surface area (Å²) in [7, 11) is 0. The van der Waals surface area contributed by atoms with Gasteiger partial charge in [-0.3, -0.25) is 4.90 Å². The van der Waals surface area contributed by atoms with E-state index in [1.165, 1.54) is 24.9 Å². The van der Waals surface area contributed by atoms with Gasteiger partial charge >= 0.3 is 0 Å². The minimum atomic E-state index is 0.492. The maximum absolute atomic E-state index is 6.05. The van der Waals surface area contributed by atoms with E-state index in [4.69, 9.17) is 4.42 Å². The van der Waals surface area contributed by atoms with Crippen molar-refractivity contribution >= 4 is 0 Å². The van der Waals surface area contributed by atoms with Crippen LogP contribution in [0.3, 0.4) is 0 Å². The highest BCUT2D eigenvalue weighted by Gasteiger charge is 2.24. The van der Waals surface area contributed by atoms with Gasteiger partial charge in [0.1, 0.15) is 11.5 Å². The van der Waals surface area contributed by atoms with Crippen LogP contribution in [0, 0.1) is 12.8 Å². The molecule has 0 spiro atoms. The number of rotatable bonds is 5. The average molecular weight is 278 g/mol. The van der Waals surface area contributed by atoms with Gasteiger partial charge in [-0.05, 0) is 44.2 Å². The van der Waals surface area contributed by atoms with E-state index in [1.807, 2.05) is 0 Å². The standard InChI is InChI=1S/C17H30N2O/c1-12(2)18-9-17-14(4)8-16(20-17)11-19-10-13(3)6-7-15(19)5/h8,12-13,15,18H,6-7,9-11H2,1-5H3. The number of aryl methyl sites for hydroxylation is 1. The molecule has 1 N–H and O–H groups in total. The fourth-order valence-corrected chi connectivity index (χ4v) is 2.94. The Kier molecular flexibility index (Phi) is 5.28. The third kappa shape index (κ3) is 4.10. The molecule has 20 heavy (non-hydrogen) atoms. The van der Waals surface area contributed by atoms with Crippen molar-refractivity contribution in [3.05, 3.63) is 23.2 Å². The molecule has 2 unspecified atom stereocenters. The Morgan fingerprint density at radius 2 is 2.10 bits per heavy atom. The predicted octanol–water partition coefficient (Wildman–Crippen LogP) is 3.71. The summed E-state index contributed by atoms with van der Waals surface area (Å²) >= 11 is 0. The van der Waals surface area contributed by atoms with E-state index < -0.39 is 0 Å². The molecule has 0 amide bonds. The van der Waals surface area contributed by atoms with E-state index in [9.17, 15) is 0 Å². The summed E-state index contributed by atoms with van der Waals surface area (Å²) in [6, 6.07) is 3.38. The molecule has 0 aromatic carbocycles. The highest BCUT2D eigenvalue weighted by molar-refractivity contribution is 5.20. The molecule has 1 aliphatic rings. The maximum Gasteiger partial charge on any atom is 0.120 e. The van der Waals surface area contributed by atoms with Crippen molar-refractivity contribution in [3.8, 4) is 0 Å². The molecule has 1 aromatic heterocycles. The lowest BCUT2D eigenvalue weighted by Crippen LogP contribution is -2.40. The number of piperidine rings is 1. The monoisotopic (exact) mass is 278 g/mol. The van der Waals surface area contributed by atoms with Gasteiger partial charge in [0, 0.05) is 18.6 Å². The Bertz CT molecular complexity index is 425. The Morgan fingerprint density at radius 3 is 2.80 bits per heavy atom. The van der Waals surface area contributed by atoms with Gasteiger partial charge in [-0.1, -0.05) is 20.8 Å². The quantitative estimate of drug-likeness (QED) is 0.890. The smallest absolute Gasteiger partial charge is 0.120 e. The molecule has 1 aliphatic heterocycles. The first kappa shape index (κ1) is 15.6. The Hall–Kier alpha value is -0.800. The second kappa shape index (κ2) is 6.77. The third-order valence-electron chi connectivity index (χ3n) is 4.35. The van der Waals surface area contributed by atoms with Gasteiger partial charge in [0.05, 0.1) is 13.1 Å². The maximum atomic E-state index is 6.05. The summed E-state index contributed by atoms with van der Waals surface area (Å²) in [5, 5.41) is 3.43. The molecule has 1 aromatic rings. The summed E-state index contributed by atoms with van der Waals surface area (Å²) in [4.78, 5) is 2.56. The number of hydrogen-bond acceptors (Lipinski definition) is 3. The van der Waals surface area contributed by atoms with Crippen LogP contribution in [0.5, 0.6) is 0 Å². The fraction of sp³-hybridized carbons (Fsp3) is 0.765. The van der Waals surface area contributed by atoms with Crippen LogP contribution in [0.1, 0.15) is 57.6 Å². The lowest BCUT2D eigenvalue weighted by molar-refractivity contribution is 0.108. The zero-order valence-corrected chi connectivity index (χ0v) is 13.7. The Morgan fingerprint density at radius 1 is 1.35 bits per heavy atom. The molecular weight excluding hydrogens is 248 g/mol. The molecule has 1 saturated heterocycles. The van der Waals surface area contributed by atoms with Crippen molar-refractivity contribution in [1.82, 2.24) is 10.2 Å². The minimum absolute atomic E-state index is 0.492. The van der Waals surface area contributed by atoms with Gasteiger partial charge in [0.15, 0.2) is 0 Å². The van der Waals surface area contributed by atoms with Crippen molar-refractivity contribution in [1.29, 1.82) is 0 Å². The van der Waals surface area contributed by atoms with Gasteiger partial charge in [0.2, 0.25) is 0 Å². The normalized spacial score (nSPS) is 24.5. The molecular formula is C17H30N2O. The molecule has 0 radical (unpaired) electrons. The SMILES string of the molecule is Cc1cc(CN2CC(C)CCC2C)oc1CNC(C)C. The van der Waals surface area contributed by atoms with Crippen molar-refractivity contribution in [2.45, 2.75) is 72.6 Å². The van der Waals surface area contributed by atoms with Gasteiger partial charge < -0.3 is 9.73 Å². The number of likely N-dealkylation sites (tertiary alicyclic amines) is 1. The first-order valence-corrected chi connectivity index (χ1v) is 8.01. The summed E-state index contributed by atoms with van der Waals surface area (Å²) in [5.41, 5.74) is 1.27. The lowest BCUT2D eigenvalue weighted by Gasteiger charge is -2.36. The van der Waals surface area contributed by atoms with Crippen LogP contribution in [-0.2, 0) is 13.1 Å². The molecule has 2 rings (SSSR count). The first-order chi connectivity index (χ1) is 9.45. The highest BCUT2D eigenvalue weighted by atomic mass is 16.3. The van der Waals surface area contributed by atoms with E-state index in [2.05, 4.69) is 50.9 Å². The third-order valence-corrected chi connectivity index (χ3v) is 4.35. The van der Waals surface area contributed by atoms with Gasteiger partial charge in [-0.25, -0.2) is 0 Å². The summed E-state index contributed by atoms with van der Waals surface area (Å²) < 4.78 is 6.05. The fourth-order valence-electron chi connectivity index (χ4n) is 2.94. The average Bonchev–Trinajstić information content (AvgIpc) is 2.72. The van der Waals surface area contributed by atoms with E-state index in [0.29, 0.717) is 12.1 Å². The van der Waals surface area contributed by atoms with Crippen molar-refractivity contribution < 1.29 is 4.42 Å². The van der Waals surface area contributed by atoms with Gasteiger partial charge in [-0.2, -0.15) is 0 Å². The summed E-state index contributed by atoms with van der Waals surface area (Å²) in [6.45, 7) is 14.1. The number of furan rings is 1. The van der Waals surface area contributed by atoms with Crippen LogP contribution in [0.2, 0.25) is 0 Å². The molecule has 3 nitrogen and oxygen atoms in total. The molecule has 1 fully saturated rings. The molecule has 0 bridgehead atoms. The molecule has 0 aliphatic carbocycles. The highest BCUT2D eigenvalue weighted by Crippen LogP contribution is 2.24. The minimum Gasteiger partial charge on any atom is -0.463 e. The van der Waals surface area contributed by atoms with Crippen LogP contribution < -0.4 is 5.32 Å². The molecule has 0 saturated carbocycles. The summed E-state index contributed by atoms with van der Waals surface area (Å²) in [5.74, 6) is 3.01.